The minimum atomic E-state index is -3.61. The second-order valence-electron chi connectivity index (χ2n) is 8.32. The number of hydrogen-bond donors (Lipinski definition) is 1. The first-order valence-corrected chi connectivity index (χ1v) is 12.3. The molecule has 6 heteroatoms. The van der Waals surface area contributed by atoms with Crippen molar-refractivity contribution >= 4 is 21.6 Å². The van der Waals surface area contributed by atoms with Crippen LogP contribution in [-0.4, -0.2) is 33.2 Å². The molecule has 1 N–H and O–H groups in total. The van der Waals surface area contributed by atoms with Crippen molar-refractivity contribution in [3.8, 4) is 0 Å². The smallest absolute Gasteiger partial charge is 0.243 e. The average Bonchev–Trinajstić information content (AvgIpc) is 2.67. The highest BCUT2D eigenvalue weighted by Crippen LogP contribution is 2.26. The van der Waals surface area contributed by atoms with Crippen molar-refractivity contribution in [2.45, 2.75) is 59.4 Å². The predicted molar refractivity (Wildman–Crippen MR) is 125 cm³/mol. The van der Waals surface area contributed by atoms with Crippen LogP contribution >= 0.6 is 0 Å². The molecule has 0 aliphatic carbocycles. The van der Waals surface area contributed by atoms with E-state index in [0.717, 1.165) is 30.2 Å². The van der Waals surface area contributed by atoms with Crippen LogP contribution in [0.15, 0.2) is 42.5 Å². The zero-order valence-corrected chi connectivity index (χ0v) is 19.7. The van der Waals surface area contributed by atoms with Gasteiger partial charge in [0.15, 0.2) is 0 Å². The number of sulfonamides is 1. The van der Waals surface area contributed by atoms with E-state index >= 15 is 0 Å². The molecule has 1 atom stereocenters. The first-order valence-electron chi connectivity index (χ1n) is 10.4. The predicted octanol–water partition coefficient (Wildman–Crippen LogP) is 4.33. The molecule has 1 amide bonds. The fourth-order valence-electron chi connectivity index (χ4n) is 3.46. The molecule has 2 aromatic rings. The average molecular weight is 431 g/mol. The Kier molecular flexibility index (Phi) is 8.07. The van der Waals surface area contributed by atoms with Gasteiger partial charge in [-0.1, -0.05) is 50.2 Å². The molecule has 0 unspecified atom stereocenters. The number of aryl methyl sites for hydroxylation is 3. The summed E-state index contributed by atoms with van der Waals surface area (Å²) in [6.45, 7) is 10.2. The minimum absolute atomic E-state index is 0.295. The van der Waals surface area contributed by atoms with E-state index in [1.54, 1.807) is 13.0 Å². The Labute approximate surface area is 181 Å². The molecule has 0 aliphatic rings. The number of nitrogens with zero attached hydrogens (tertiary/aromatic N) is 1. The second kappa shape index (κ2) is 10.1. The molecule has 0 radical (unpaired) electrons. The van der Waals surface area contributed by atoms with Gasteiger partial charge >= 0.3 is 0 Å². The quantitative estimate of drug-likeness (QED) is 0.602. The van der Waals surface area contributed by atoms with Gasteiger partial charge in [0.05, 0.1) is 11.9 Å². The van der Waals surface area contributed by atoms with Gasteiger partial charge in [-0.2, -0.15) is 0 Å². The molecule has 30 heavy (non-hydrogen) atoms. The highest BCUT2D eigenvalue weighted by Gasteiger charge is 2.30. The zero-order valence-electron chi connectivity index (χ0n) is 18.9. The Hall–Kier alpha value is -2.34. The number of hydrogen-bond acceptors (Lipinski definition) is 3. The number of benzene rings is 2. The number of carbonyl (C=O) groups excluding carboxylic acids is 1. The standard InChI is InChI=1S/C24H34N2O3S/c1-17(2)22-13-11-21(12-14-22)8-7-15-25-24(27)20(5)26(30(6,28)29)23-16-18(3)9-10-19(23)4/h9-14,16-17,20H,7-8,15H2,1-6H3,(H,25,27)/t20-/m1/s1. The maximum Gasteiger partial charge on any atom is 0.243 e. The molecule has 0 saturated carbocycles. The zero-order chi connectivity index (χ0) is 22.5. The van der Waals surface area contributed by atoms with E-state index in [1.165, 1.54) is 15.4 Å². The van der Waals surface area contributed by atoms with E-state index < -0.39 is 16.1 Å². The first-order chi connectivity index (χ1) is 14.0. The lowest BCUT2D eigenvalue weighted by atomic mass is 10.0. The molecular weight excluding hydrogens is 396 g/mol. The summed E-state index contributed by atoms with van der Waals surface area (Å²) in [6.07, 6.45) is 2.79. The van der Waals surface area contributed by atoms with Crippen LogP contribution in [0.3, 0.4) is 0 Å². The molecule has 0 aromatic heterocycles. The second-order valence-corrected chi connectivity index (χ2v) is 10.2. The number of nitrogens with one attached hydrogen (secondary N) is 1. The van der Waals surface area contributed by atoms with Gasteiger partial charge in [0.2, 0.25) is 15.9 Å². The maximum atomic E-state index is 12.7. The molecule has 164 valence electrons. The molecule has 5 nitrogen and oxygen atoms in total. The lowest BCUT2D eigenvalue weighted by Crippen LogP contribution is -2.48. The largest absolute Gasteiger partial charge is 0.354 e. The molecule has 0 bridgehead atoms. The van der Waals surface area contributed by atoms with Crippen LogP contribution in [0, 0.1) is 13.8 Å². The number of carbonyl (C=O) groups is 1. The van der Waals surface area contributed by atoms with Crippen LogP contribution in [0.5, 0.6) is 0 Å². The van der Waals surface area contributed by atoms with Crippen molar-refractivity contribution in [1.29, 1.82) is 0 Å². The number of rotatable bonds is 9. The number of amides is 1. The van der Waals surface area contributed by atoms with E-state index in [9.17, 15) is 13.2 Å². The van der Waals surface area contributed by atoms with Crippen molar-refractivity contribution in [3.05, 3.63) is 64.7 Å². The van der Waals surface area contributed by atoms with Gasteiger partial charge in [0.1, 0.15) is 6.04 Å². The van der Waals surface area contributed by atoms with Gasteiger partial charge in [-0.05, 0) is 67.9 Å². The Bertz CT molecular complexity index is 966. The van der Waals surface area contributed by atoms with Crippen LogP contribution in [0.25, 0.3) is 0 Å². The highest BCUT2D eigenvalue weighted by molar-refractivity contribution is 7.92. The molecule has 0 aliphatic heterocycles. The Morgan fingerprint density at radius 1 is 1.03 bits per heavy atom. The summed E-state index contributed by atoms with van der Waals surface area (Å²) in [4.78, 5) is 12.7. The molecular formula is C24H34N2O3S. The van der Waals surface area contributed by atoms with E-state index in [2.05, 4.69) is 43.4 Å². The van der Waals surface area contributed by atoms with E-state index in [1.807, 2.05) is 26.0 Å². The van der Waals surface area contributed by atoms with Crippen LogP contribution in [0.4, 0.5) is 5.69 Å². The van der Waals surface area contributed by atoms with Gasteiger partial charge in [0.25, 0.3) is 0 Å². The summed E-state index contributed by atoms with van der Waals surface area (Å²) in [6, 6.07) is 13.3. The molecule has 0 heterocycles. The minimum Gasteiger partial charge on any atom is -0.354 e. The third-order valence-corrected chi connectivity index (χ3v) is 6.51. The summed E-state index contributed by atoms with van der Waals surface area (Å²) in [5.74, 6) is 0.214. The normalized spacial score (nSPS) is 12.6. The Morgan fingerprint density at radius 3 is 2.23 bits per heavy atom. The van der Waals surface area contributed by atoms with Crippen LogP contribution in [0.1, 0.15) is 55.4 Å². The van der Waals surface area contributed by atoms with Crippen molar-refractivity contribution in [3.63, 3.8) is 0 Å². The third-order valence-electron chi connectivity index (χ3n) is 5.28. The summed E-state index contributed by atoms with van der Waals surface area (Å²) in [5, 5.41) is 2.89. The monoisotopic (exact) mass is 430 g/mol. The SMILES string of the molecule is Cc1ccc(C)c(N([C@H](C)C(=O)NCCCc2ccc(C(C)C)cc2)S(C)(=O)=O)c1. The van der Waals surface area contributed by atoms with E-state index in [4.69, 9.17) is 0 Å². The van der Waals surface area contributed by atoms with Gasteiger partial charge in [0, 0.05) is 6.54 Å². The fraction of sp³-hybridized carbons (Fsp3) is 0.458. The summed E-state index contributed by atoms with van der Waals surface area (Å²) in [7, 11) is -3.61. The van der Waals surface area contributed by atoms with Crippen LogP contribution < -0.4 is 9.62 Å². The maximum absolute atomic E-state index is 12.7. The van der Waals surface area contributed by atoms with Crippen molar-refractivity contribution in [1.82, 2.24) is 5.32 Å². The van der Waals surface area contributed by atoms with Crippen LogP contribution in [-0.2, 0) is 21.2 Å². The van der Waals surface area contributed by atoms with Gasteiger partial charge in [-0.25, -0.2) is 8.42 Å². The molecule has 2 aromatic carbocycles. The summed E-state index contributed by atoms with van der Waals surface area (Å²) >= 11 is 0. The lowest BCUT2D eigenvalue weighted by Gasteiger charge is -2.29. The Balaban J connectivity index is 1.99. The first kappa shape index (κ1) is 23.9. The van der Waals surface area contributed by atoms with Crippen molar-refractivity contribution < 1.29 is 13.2 Å². The lowest BCUT2D eigenvalue weighted by molar-refractivity contribution is -0.121. The molecule has 0 spiro atoms. The van der Waals surface area contributed by atoms with Crippen LogP contribution in [0.2, 0.25) is 0 Å². The highest BCUT2D eigenvalue weighted by atomic mass is 32.2. The van der Waals surface area contributed by atoms with Gasteiger partial charge in [-0.3, -0.25) is 9.10 Å². The Morgan fingerprint density at radius 2 is 1.67 bits per heavy atom. The van der Waals surface area contributed by atoms with Crippen molar-refractivity contribution in [2.24, 2.45) is 0 Å². The third kappa shape index (κ3) is 6.33. The molecule has 0 saturated heterocycles. The molecule has 2 rings (SSSR count). The number of anilines is 1. The fourth-order valence-corrected chi connectivity index (χ4v) is 4.68. The van der Waals surface area contributed by atoms with Crippen molar-refractivity contribution in [2.75, 3.05) is 17.1 Å². The van der Waals surface area contributed by atoms with Gasteiger partial charge < -0.3 is 5.32 Å². The van der Waals surface area contributed by atoms with E-state index in [-0.39, 0.29) is 5.91 Å². The topological polar surface area (TPSA) is 66.5 Å². The summed E-state index contributed by atoms with van der Waals surface area (Å²) < 4.78 is 26.2. The van der Waals surface area contributed by atoms with Gasteiger partial charge in [-0.15, -0.1) is 0 Å². The summed E-state index contributed by atoms with van der Waals surface area (Å²) in [5.41, 5.74) is 4.85. The molecule has 0 fully saturated rings. The van der Waals surface area contributed by atoms with E-state index in [0.29, 0.717) is 18.2 Å².